The van der Waals surface area contributed by atoms with Gasteiger partial charge in [-0.05, 0) is 47.1 Å². The summed E-state index contributed by atoms with van der Waals surface area (Å²) in [5, 5.41) is -0.229. The minimum atomic E-state index is -4.38. The van der Waals surface area contributed by atoms with E-state index < -0.39 is 40.4 Å². The highest BCUT2D eigenvalue weighted by molar-refractivity contribution is 9.10. The fourth-order valence-electron chi connectivity index (χ4n) is 2.48. The zero-order valence-electron chi connectivity index (χ0n) is 18.3. The van der Waals surface area contributed by atoms with Gasteiger partial charge in [-0.3, -0.25) is 0 Å². The second-order valence-electron chi connectivity index (χ2n) is 5.17. The SMILES string of the molecule is [2H]c1c([2H])c([2H])c2c(c1[2H])c1c([2H])c(Br)nc([2H])c1n2S(=O)(=O)c1ccc(C)cc1. The molecule has 0 aliphatic carbocycles. The molecule has 0 aliphatic rings. The molecule has 0 fully saturated rings. The van der Waals surface area contributed by atoms with Crippen LogP contribution in [-0.2, 0) is 10.0 Å². The number of aryl methyl sites for hydroxylation is 1. The lowest BCUT2D eigenvalue weighted by molar-refractivity contribution is 0.590. The van der Waals surface area contributed by atoms with Crippen molar-refractivity contribution in [2.75, 3.05) is 0 Å². The largest absolute Gasteiger partial charge is 0.268 e. The molecule has 0 bridgehead atoms. The molecule has 6 heteroatoms. The highest BCUT2D eigenvalue weighted by Gasteiger charge is 2.23. The summed E-state index contributed by atoms with van der Waals surface area (Å²) in [5.41, 5.74) is 0.238. The van der Waals surface area contributed by atoms with Crippen LogP contribution in [-0.4, -0.2) is 17.4 Å². The summed E-state index contributed by atoms with van der Waals surface area (Å²) < 4.78 is 77.1. The van der Waals surface area contributed by atoms with Crippen LogP contribution in [0.25, 0.3) is 21.8 Å². The van der Waals surface area contributed by atoms with Crippen LogP contribution in [0.2, 0.25) is 0 Å². The molecule has 4 nitrogen and oxygen atoms in total. The van der Waals surface area contributed by atoms with Gasteiger partial charge in [-0.25, -0.2) is 17.4 Å². The minimum absolute atomic E-state index is 0.0285. The second kappa shape index (κ2) is 5.43. The Morgan fingerprint density at radius 2 is 1.79 bits per heavy atom. The number of hydrogen-bond donors (Lipinski definition) is 0. The van der Waals surface area contributed by atoms with E-state index in [1.54, 1.807) is 19.1 Å². The van der Waals surface area contributed by atoms with Gasteiger partial charge in [0.2, 0.25) is 0 Å². The van der Waals surface area contributed by atoms with Gasteiger partial charge in [0.05, 0.1) is 30.3 Å². The molecule has 0 radical (unpaired) electrons. The van der Waals surface area contributed by atoms with Gasteiger partial charge in [0.1, 0.15) is 4.60 Å². The molecule has 2 aromatic carbocycles. The van der Waals surface area contributed by atoms with E-state index in [9.17, 15) is 8.42 Å². The lowest BCUT2D eigenvalue weighted by atomic mass is 10.2. The molecule has 0 aliphatic heterocycles. The maximum Gasteiger partial charge on any atom is 0.268 e. The quantitative estimate of drug-likeness (QED) is 0.460. The Morgan fingerprint density at radius 1 is 1.08 bits per heavy atom. The summed E-state index contributed by atoms with van der Waals surface area (Å²) in [6.07, 6.45) is -0.475. The van der Waals surface area contributed by atoms with Crippen LogP contribution in [0, 0.1) is 6.92 Å². The Bertz CT molecular complexity index is 1480. The topological polar surface area (TPSA) is 52.0 Å². The Hall–Kier alpha value is -2.18. The number of nitrogens with zero attached hydrogens (tertiary/aromatic N) is 2. The van der Waals surface area contributed by atoms with Crippen molar-refractivity contribution in [3.8, 4) is 0 Å². The maximum atomic E-state index is 13.6. The first-order valence-electron chi connectivity index (χ1n) is 9.87. The van der Waals surface area contributed by atoms with Crippen LogP contribution in [0.4, 0.5) is 0 Å². The number of hydrogen-bond acceptors (Lipinski definition) is 3. The summed E-state index contributed by atoms with van der Waals surface area (Å²) in [4.78, 5) is 3.76. The van der Waals surface area contributed by atoms with Gasteiger partial charge in [-0.15, -0.1) is 0 Å². The van der Waals surface area contributed by atoms with E-state index in [1.165, 1.54) is 12.1 Å². The van der Waals surface area contributed by atoms with E-state index in [4.69, 9.17) is 8.22 Å². The lowest BCUT2D eigenvalue weighted by Gasteiger charge is -2.09. The summed E-state index contributed by atoms with van der Waals surface area (Å²) in [6.45, 7) is 1.79. The van der Waals surface area contributed by atoms with Crippen molar-refractivity contribution in [1.82, 2.24) is 8.96 Å². The normalized spacial score (nSPS) is 15.6. The molecule has 0 atom stereocenters. The van der Waals surface area contributed by atoms with Crippen molar-refractivity contribution >= 4 is 47.8 Å². The molecule has 4 aromatic rings. The molecule has 2 aromatic heterocycles. The first-order valence-corrected chi connectivity index (χ1v) is 9.11. The summed E-state index contributed by atoms with van der Waals surface area (Å²) >= 11 is 3.07. The van der Waals surface area contributed by atoms with Crippen molar-refractivity contribution in [2.24, 2.45) is 0 Å². The molecular weight excluding hydrogens is 388 g/mol. The first kappa shape index (κ1) is 9.96. The van der Waals surface area contributed by atoms with Gasteiger partial charge in [0.25, 0.3) is 10.0 Å². The van der Waals surface area contributed by atoms with Gasteiger partial charge >= 0.3 is 0 Å². The predicted molar refractivity (Wildman–Crippen MR) is 98.7 cm³/mol. The maximum absolute atomic E-state index is 13.6. The van der Waals surface area contributed by atoms with Gasteiger partial charge in [-0.1, -0.05) is 35.8 Å². The Labute approximate surface area is 156 Å². The minimum Gasteiger partial charge on any atom is -0.247 e. The van der Waals surface area contributed by atoms with Crippen molar-refractivity contribution in [1.29, 1.82) is 0 Å². The zero-order valence-corrected chi connectivity index (χ0v) is 14.7. The number of pyridine rings is 1. The predicted octanol–water partition coefficient (Wildman–Crippen LogP) is 4.50. The van der Waals surface area contributed by atoms with E-state index in [1.807, 2.05) is 0 Å². The Morgan fingerprint density at radius 3 is 2.54 bits per heavy atom. The number of para-hydroxylation sites is 1. The summed E-state index contributed by atoms with van der Waals surface area (Å²) in [6, 6.07) is 3.46. The van der Waals surface area contributed by atoms with Crippen molar-refractivity contribution < 1.29 is 16.6 Å². The summed E-state index contributed by atoms with van der Waals surface area (Å²) in [7, 11) is -4.38. The van der Waals surface area contributed by atoms with E-state index >= 15 is 0 Å². The molecule has 0 N–H and O–H groups in total. The summed E-state index contributed by atoms with van der Waals surface area (Å²) in [5.74, 6) is 0. The van der Waals surface area contributed by atoms with Crippen LogP contribution in [0.1, 0.15) is 13.8 Å². The van der Waals surface area contributed by atoms with Crippen molar-refractivity contribution in [3.63, 3.8) is 0 Å². The molecule has 0 spiro atoms. The van der Waals surface area contributed by atoms with Crippen LogP contribution < -0.4 is 0 Å². The average Bonchev–Trinajstić information content (AvgIpc) is 3.07. The Balaban J connectivity index is 2.36. The van der Waals surface area contributed by atoms with Crippen molar-refractivity contribution in [3.05, 3.63) is 70.8 Å². The monoisotopic (exact) mass is 406 g/mol. The molecular formula is C18H13BrN2O2S. The molecule has 120 valence electrons. The first-order chi connectivity index (χ1) is 14.0. The van der Waals surface area contributed by atoms with E-state index in [2.05, 4.69) is 20.9 Å². The third-order valence-electron chi connectivity index (χ3n) is 3.61. The molecule has 0 saturated heterocycles. The van der Waals surface area contributed by atoms with Gasteiger partial charge in [-0.2, -0.15) is 0 Å². The molecule has 0 saturated carbocycles. The average molecular weight is 407 g/mol. The highest BCUT2D eigenvalue weighted by atomic mass is 79.9. The highest BCUT2D eigenvalue weighted by Crippen LogP contribution is 2.33. The smallest absolute Gasteiger partial charge is 0.247 e. The van der Waals surface area contributed by atoms with E-state index in [0.29, 0.717) is 3.97 Å². The molecule has 2 heterocycles. The number of aromatic nitrogens is 2. The van der Waals surface area contributed by atoms with Crippen LogP contribution in [0.3, 0.4) is 0 Å². The zero-order chi connectivity index (χ0) is 22.1. The fourth-order valence-corrected chi connectivity index (χ4v) is 4.21. The second-order valence-corrected chi connectivity index (χ2v) is 7.71. The standard InChI is InChI=1S/C18H13BrN2O2S/c1-12-6-8-13(9-7-12)24(22,23)21-16-5-3-2-4-14(16)15-10-18(19)20-11-17(15)21/h2-11H,1H3/i2D,3D,4D,5D,10D,11D. The number of rotatable bonds is 2. The van der Waals surface area contributed by atoms with Crippen LogP contribution in [0.5, 0.6) is 0 Å². The van der Waals surface area contributed by atoms with Crippen molar-refractivity contribution in [2.45, 2.75) is 11.8 Å². The van der Waals surface area contributed by atoms with Crippen LogP contribution >= 0.6 is 15.9 Å². The lowest BCUT2D eigenvalue weighted by Crippen LogP contribution is -2.12. The van der Waals surface area contributed by atoms with Gasteiger partial charge < -0.3 is 0 Å². The number of benzene rings is 2. The molecule has 24 heavy (non-hydrogen) atoms. The fraction of sp³-hybridized carbons (Fsp3) is 0.0556. The van der Waals surface area contributed by atoms with E-state index in [0.717, 1.165) is 5.56 Å². The third-order valence-corrected chi connectivity index (χ3v) is 5.70. The molecule has 0 unspecified atom stereocenters. The van der Waals surface area contributed by atoms with Crippen LogP contribution in [0.15, 0.2) is 70.1 Å². The van der Waals surface area contributed by atoms with E-state index in [-0.39, 0.29) is 37.3 Å². The third kappa shape index (κ3) is 2.25. The van der Waals surface area contributed by atoms with Gasteiger partial charge in [0, 0.05) is 10.8 Å². The van der Waals surface area contributed by atoms with Gasteiger partial charge in [0.15, 0.2) is 0 Å². The Kier molecular flexibility index (Phi) is 2.25. The molecule has 4 rings (SSSR count). The molecule has 0 amide bonds. The number of fused-ring (bicyclic) bond motifs is 3. The number of halogens is 1.